The summed E-state index contributed by atoms with van der Waals surface area (Å²) >= 11 is 0. The van der Waals surface area contributed by atoms with Gasteiger partial charge in [-0.15, -0.1) is 0 Å². The first-order chi connectivity index (χ1) is 8.34. The van der Waals surface area contributed by atoms with Gasteiger partial charge in [0.1, 0.15) is 5.60 Å². The number of amides is 1. The van der Waals surface area contributed by atoms with Crippen molar-refractivity contribution in [3.63, 3.8) is 0 Å². The molecule has 0 aromatic heterocycles. The molecule has 0 aromatic rings. The van der Waals surface area contributed by atoms with Crippen LogP contribution in [0.3, 0.4) is 0 Å². The van der Waals surface area contributed by atoms with E-state index in [9.17, 15) is 9.90 Å². The summed E-state index contributed by atoms with van der Waals surface area (Å²) < 4.78 is 11.3. The minimum Gasteiger partial charge on any atom is -0.444 e. The first kappa shape index (κ1) is 13.6. The van der Waals surface area contributed by atoms with Crippen LogP contribution in [0.25, 0.3) is 0 Å². The van der Waals surface area contributed by atoms with Crippen LogP contribution >= 0.6 is 0 Å². The maximum absolute atomic E-state index is 12.1. The zero-order valence-corrected chi connectivity index (χ0v) is 11.4. The van der Waals surface area contributed by atoms with Crippen molar-refractivity contribution in [3.05, 3.63) is 0 Å². The Kier molecular flexibility index (Phi) is 3.56. The Morgan fingerprint density at radius 1 is 1.50 bits per heavy atom. The lowest BCUT2D eigenvalue weighted by atomic mass is 9.78. The highest BCUT2D eigenvalue weighted by Gasteiger charge is 2.46. The van der Waals surface area contributed by atoms with Crippen LogP contribution in [0.1, 0.15) is 40.0 Å². The van der Waals surface area contributed by atoms with Crippen LogP contribution in [0.4, 0.5) is 4.79 Å². The predicted molar refractivity (Wildman–Crippen MR) is 66.3 cm³/mol. The molecule has 1 spiro atoms. The number of aliphatic hydroxyl groups is 1. The molecule has 2 aliphatic rings. The van der Waals surface area contributed by atoms with E-state index in [-0.39, 0.29) is 24.4 Å². The molecule has 1 unspecified atom stereocenters. The molecule has 104 valence electrons. The van der Waals surface area contributed by atoms with Gasteiger partial charge in [-0.1, -0.05) is 0 Å². The molecule has 1 atom stereocenters. The summed E-state index contributed by atoms with van der Waals surface area (Å²) in [4.78, 5) is 13.7. The van der Waals surface area contributed by atoms with Gasteiger partial charge in [0.2, 0.25) is 0 Å². The summed E-state index contributed by atoms with van der Waals surface area (Å²) in [6.45, 7) is 6.50. The maximum atomic E-state index is 12.1. The first-order valence-corrected chi connectivity index (χ1v) is 6.60. The SMILES string of the molecule is CC(C)(C)OC(=O)N1CC(CO)OC2(CCC2)C1. The van der Waals surface area contributed by atoms with Gasteiger partial charge in [-0.05, 0) is 40.0 Å². The fraction of sp³-hybridized carbons (Fsp3) is 0.923. The summed E-state index contributed by atoms with van der Waals surface area (Å²) in [5, 5.41) is 9.27. The van der Waals surface area contributed by atoms with Gasteiger partial charge in [0.25, 0.3) is 0 Å². The Balaban J connectivity index is 2.01. The summed E-state index contributed by atoms with van der Waals surface area (Å²) in [6, 6.07) is 0. The predicted octanol–water partition coefficient (Wildman–Crippen LogP) is 1.54. The number of nitrogens with zero attached hydrogens (tertiary/aromatic N) is 1. The molecule has 1 N–H and O–H groups in total. The number of aliphatic hydroxyl groups excluding tert-OH is 1. The third-order valence-electron chi connectivity index (χ3n) is 3.44. The van der Waals surface area contributed by atoms with Crippen molar-refractivity contribution < 1.29 is 19.4 Å². The molecule has 1 aliphatic carbocycles. The van der Waals surface area contributed by atoms with Crippen molar-refractivity contribution in [1.82, 2.24) is 4.90 Å². The van der Waals surface area contributed by atoms with E-state index in [2.05, 4.69) is 0 Å². The van der Waals surface area contributed by atoms with Gasteiger partial charge < -0.3 is 19.5 Å². The Morgan fingerprint density at radius 3 is 2.61 bits per heavy atom. The van der Waals surface area contributed by atoms with E-state index in [1.54, 1.807) is 4.90 Å². The van der Waals surface area contributed by atoms with Crippen molar-refractivity contribution >= 4 is 6.09 Å². The van der Waals surface area contributed by atoms with Crippen molar-refractivity contribution in [2.24, 2.45) is 0 Å². The van der Waals surface area contributed by atoms with Gasteiger partial charge in [0, 0.05) is 0 Å². The standard InChI is InChI=1S/C13H23NO4/c1-12(2,3)18-11(16)14-7-10(8-15)17-13(9-14)5-4-6-13/h10,15H,4-9H2,1-3H3. The summed E-state index contributed by atoms with van der Waals surface area (Å²) in [6.07, 6.45) is 2.45. The van der Waals surface area contributed by atoms with Gasteiger partial charge in [0.05, 0.1) is 31.4 Å². The normalized spacial score (nSPS) is 26.9. The largest absolute Gasteiger partial charge is 0.444 e. The molecule has 1 saturated carbocycles. The zero-order valence-electron chi connectivity index (χ0n) is 11.4. The first-order valence-electron chi connectivity index (χ1n) is 6.60. The fourth-order valence-electron chi connectivity index (χ4n) is 2.49. The third kappa shape index (κ3) is 2.95. The number of rotatable bonds is 1. The molecule has 2 rings (SSSR count). The molecule has 1 aliphatic heterocycles. The van der Waals surface area contributed by atoms with Crippen molar-refractivity contribution in [2.45, 2.75) is 57.3 Å². The van der Waals surface area contributed by atoms with Gasteiger partial charge in [0.15, 0.2) is 0 Å². The topological polar surface area (TPSA) is 59.0 Å². The second-order valence-corrected chi connectivity index (χ2v) is 6.32. The molecule has 5 heteroatoms. The van der Waals surface area contributed by atoms with Gasteiger partial charge in [-0.25, -0.2) is 4.79 Å². The smallest absolute Gasteiger partial charge is 0.410 e. The van der Waals surface area contributed by atoms with Crippen LogP contribution in [0.5, 0.6) is 0 Å². The summed E-state index contributed by atoms with van der Waals surface area (Å²) in [7, 11) is 0. The fourth-order valence-corrected chi connectivity index (χ4v) is 2.49. The van der Waals surface area contributed by atoms with Crippen LogP contribution in [0.2, 0.25) is 0 Å². The average molecular weight is 257 g/mol. The molecular formula is C13H23NO4. The Bertz CT molecular complexity index is 319. The highest BCUT2D eigenvalue weighted by molar-refractivity contribution is 5.68. The molecule has 0 radical (unpaired) electrons. The number of hydrogen-bond acceptors (Lipinski definition) is 4. The molecule has 1 amide bonds. The quantitative estimate of drug-likeness (QED) is 0.774. The van der Waals surface area contributed by atoms with Crippen LogP contribution < -0.4 is 0 Å². The number of hydrogen-bond donors (Lipinski definition) is 1. The van der Waals surface area contributed by atoms with Crippen molar-refractivity contribution in [1.29, 1.82) is 0 Å². The van der Waals surface area contributed by atoms with E-state index < -0.39 is 5.60 Å². The van der Waals surface area contributed by atoms with Crippen LogP contribution in [-0.4, -0.2) is 53.1 Å². The second-order valence-electron chi connectivity index (χ2n) is 6.32. The Hall–Kier alpha value is -0.810. The molecule has 1 saturated heterocycles. The number of carbonyl (C=O) groups excluding carboxylic acids is 1. The lowest BCUT2D eigenvalue weighted by molar-refractivity contribution is -0.195. The summed E-state index contributed by atoms with van der Waals surface area (Å²) in [5.41, 5.74) is -0.723. The molecule has 2 fully saturated rings. The maximum Gasteiger partial charge on any atom is 0.410 e. The summed E-state index contributed by atoms with van der Waals surface area (Å²) in [5.74, 6) is 0. The molecule has 5 nitrogen and oxygen atoms in total. The Labute approximate surface area is 108 Å². The van der Waals surface area contributed by atoms with Crippen LogP contribution in [0, 0.1) is 0 Å². The monoisotopic (exact) mass is 257 g/mol. The van der Waals surface area contributed by atoms with Crippen LogP contribution in [-0.2, 0) is 9.47 Å². The van der Waals surface area contributed by atoms with E-state index in [0.717, 1.165) is 19.3 Å². The number of ether oxygens (including phenoxy) is 2. The van der Waals surface area contributed by atoms with E-state index in [4.69, 9.17) is 9.47 Å². The van der Waals surface area contributed by atoms with E-state index in [1.807, 2.05) is 20.8 Å². The van der Waals surface area contributed by atoms with E-state index in [1.165, 1.54) is 0 Å². The second kappa shape index (κ2) is 4.70. The molecule has 1 heterocycles. The number of morpholine rings is 1. The lowest BCUT2D eigenvalue weighted by Gasteiger charge is -2.50. The van der Waals surface area contributed by atoms with Gasteiger partial charge in [-0.2, -0.15) is 0 Å². The highest BCUT2D eigenvalue weighted by Crippen LogP contribution is 2.40. The third-order valence-corrected chi connectivity index (χ3v) is 3.44. The zero-order chi connectivity index (χ0) is 13.4. The molecule has 0 aromatic carbocycles. The average Bonchev–Trinajstić information content (AvgIpc) is 2.24. The minimum atomic E-state index is -0.489. The minimum absolute atomic E-state index is 0.0545. The molecule has 18 heavy (non-hydrogen) atoms. The van der Waals surface area contributed by atoms with Gasteiger partial charge in [-0.3, -0.25) is 0 Å². The molecule has 0 bridgehead atoms. The van der Waals surface area contributed by atoms with E-state index >= 15 is 0 Å². The van der Waals surface area contributed by atoms with Crippen LogP contribution in [0.15, 0.2) is 0 Å². The van der Waals surface area contributed by atoms with Crippen molar-refractivity contribution in [2.75, 3.05) is 19.7 Å². The highest BCUT2D eigenvalue weighted by atomic mass is 16.6. The lowest BCUT2D eigenvalue weighted by Crippen LogP contribution is -2.61. The molecular weight excluding hydrogens is 234 g/mol. The Morgan fingerprint density at radius 2 is 2.17 bits per heavy atom. The van der Waals surface area contributed by atoms with Crippen molar-refractivity contribution in [3.8, 4) is 0 Å². The van der Waals surface area contributed by atoms with Gasteiger partial charge >= 0.3 is 6.09 Å². The number of carbonyl (C=O) groups is 1. The van der Waals surface area contributed by atoms with E-state index in [0.29, 0.717) is 13.1 Å².